The second-order valence-corrected chi connectivity index (χ2v) is 3.94. The minimum atomic E-state index is -0.556. The van der Waals surface area contributed by atoms with Crippen LogP contribution < -0.4 is 5.43 Å². The number of nitrogens with zero attached hydrogens (tertiary/aromatic N) is 3. The highest BCUT2D eigenvalue weighted by Crippen LogP contribution is 2.22. The Kier molecular flexibility index (Phi) is 1.97. The van der Waals surface area contributed by atoms with Crippen LogP contribution in [-0.4, -0.2) is 19.7 Å². The molecule has 2 heterocycles. The molecule has 1 N–H and O–H groups in total. The van der Waals surface area contributed by atoms with E-state index in [9.17, 15) is 14.9 Å². The number of nitrogens with one attached hydrogen (secondary N) is 1. The molecule has 1 aromatic carbocycles. The molecule has 90 valence electrons. The monoisotopic (exact) mass is 244 g/mol. The van der Waals surface area contributed by atoms with Gasteiger partial charge in [0.15, 0.2) is 0 Å². The molecular weight excluding hydrogens is 236 g/mol. The lowest BCUT2D eigenvalue weighted by Crippen LogP contribution is -2.09. The molecule has 2 aromatic heterocycles. The summed E-state index contributed by atoms with van der Waals surface area (Å²) in [5, 5.41) is 15.0. The van der Waals surface area contributed by atoms with E-state index in [1.54, 1.807) is 19.2 Å². The van der Waals surface area contributed by atoms with Crippen molar-refractivity contribution < 1.29 is 4.92 Å². The first-order valence-corrected chi connectivity index (χ1v) is 5.20. The number of rotatable bonds is 1. The molecular formula is C11H8N4O3. The van der Waals surface area contributed by atoms with Gasteiger partial charge >= 0.3 is 0 Å². The molecule has 0 aliphatic carbocycles. The molecule has 0 saturated heterocycles. The first kappa shape index (κ1) is 10.5. The van der Waals surface area contributed by atoms with Gasteiger partial charge in [-0.2, -0.15) is 5.10 Å². The van der Waals surface area contributed by atoms with E-state index in [0.717, 1.165) is 0 Å². The van der Waals surface area contributed by atoms with Gasteiger partial charge in [0.05, 0.1) is 22.2 Å². The van der Waals surface area contributed by atoms with Gasteiger partial charge < -0.3 is 4.98 Å². The van der Waals surface area contributed by atoms with Gasteiger partial charge in [0.1, 0.15) is 10.9 Å². The Morgan fingerprint density at radius 1 is 1.39 bits per heavy atom. The summed E-state index contributed by atoms with van der Waals surface area (Å²) in [4.78, 5) is 25.7. The lowest BCUT2D eigenvalue weighted by Gasteiger charge is -2.00. The van der Waals surface area contributed by atoms with Gasteiger partial charge in [0, 0.05) is 13.1 Å². The highest BCUT2D eigenvalue weighted by molar-refractivity contribution is 5.95. The maximum absolute atomic E-state index is 12.3. The van der Waals surface area contributed by atoms with Crippen molar-refractivity contribution in [2.24, 2.45) is 7.05 Å². The van der Waals surface area contributed by atoms with Crippen molar-refractivity contribution in [2.45, 2.75) is 0 Å². The second kappa shape index (κ2) is 3.39. The normalized spacial score (nSPS) is 11.2. The summed E-state index contributed by atoms with van der Waals surface area (Å²) in [7, 11) is 1.62. The molecule has 7 heteroatoms. The molecule has 0 aliphatic heterocycles. The lowest BCUT2D eigenvalue weighted by molar-refractivity contribution is -0.383. The Hall–Kier alpha value is -2.70. The van der Waals surface area contributed by atoms with Crippen molar-refractivity contribution in [1.82, 2.24) is 14.8 Å². The topological polar surface area (TPSA) is 93.8 Å². The number of nitro groups is 1. The Balaban J connectivity index is 2.64. The zero-order chi connectivity index (χ0) is 12.9. The van der Waals surface area contributed by atoms with Crippen LogP contribution in [0, 0.1) is 10.1 Å². The predicted octanol–water partition coefficient (Wildman–Crippen LogP) is 1.32. The van der Waals surface area contributed by atoms with Crippen LogP contribution in [0.25, 0.3) is 21.9 Å². The van der Waals surface area contributed by atoms with Crippen LogP contribution in [0.2, 0.25) is 0 Å². The van der Waals surface area contributed by atoms with Gasteiger partial charge in [-0.15, -0.1) is 0 Å². The average Bonchev–Trinajstić information content (AvgIpc) is 2.70. The first-order chi connectivity index (χ1) is 8.59. The number of nitro benzene ring substituents is 1. The standard InChI is InChI=1S/C11H8N4O3/c1-14-10-7(5-12-14)13-6-3-2-4-8(15(17)18)9(6)11(10)16/h2-5H,1H3,(H,13,16). The van der Waals surface area contributed by atoms with Gasteiger partial charge in [-0.25, -0.2) is 0 Å². The zero-order valence-electron chi connectivity index (χ0n) is 9.38. The number of aromatic nitrogens is 3. The largest absolute Gasteiger partial charge is 0.352 e. The molecule has 0 aliphatic rings. The average molecular weight is 244 g/mol. The number of hydrogen-bond donors (Lipinski definition) is 1. The van der Waals surface area contributed by atoms with E-state index in [0.29, 0.717) is 16.6 Å². The minimum Gasteiger partial charge on any atom is -0.352 e. The number of aromatic amines is 1. The first-order valence-electron chi connectivity index (χ1n) is 5.20. The van der Waals surface area contributed by atoms with Crippen molar-refractivity contribution in [2.75, 3.05) is 0 Å². The van der Waals surface area contributed by atoms with E-state index >= 15 is 0 Å². The van der Waals surface area contributed by atoms with Crippen molar-refractivity contribution in [1.29, 1.82) is 0 Å². The molecule has 0 amide bonds. The summed E-state index contributed by atoms with van der Waals surface area (Å²) < 4.78 is 1.41. The Labute approximate surface area is 99.8 Å². The molecule has 0 saturated carbocycles. The van der Waals surface area contributed by atoms with Crippen LogP contribution in [0.1, 0.15) is 0 Å². The van der Waals surface area contributed by atoms with Crippen molar-refractivity contribution in [3.8, 4) is 0 Å². The third kappa shape index (κ3) is 1.24. The van der Waals surface area contributed by atoms with Gasteiger partial charge in [0.2, 0.25) is 5.43 Å². The number of pyridine rings is 1. The van der Waals surface area contributed by atoms with Crippen LogP contribution in [0.4, 0.5) is 5.69 Å². The number of benzene rings is 1. The highest BCUT2D eigenvalue weighted by atomic mass is 16.6. The minimum absolute atomic E-state index is 0.0820. The third-order valence-corrected chi connectivity index (χ3v) is 2.89. The second-order valence-electron chi connectivity index (χ2n) is 3.94. The van der Waals surface area contributed by atoms with E-state index in [-0.39, 0.29) is 16.5 Å². The SMILES string of the molecule is Cn1ncc2[nH]c3cccc([N+](=O)[O-])c3c(=O)c21. The maximum atomic E-state index is 12.3. The van der Waals surface area contributed by atoms with E-state index in [1.165, 1.54) is 16.9 Å². The number of fused-ring (bicyclic) bond motifs is 2. The number of hydrogen-bond acceptors (Lipinski definition) is 4. The summed E-state index contributed by atoms with van der Waals surface area (Å²) >= 11 is 0. The van der Waals surface area contributed by atoms with E-state index in [1.807, 2.05) is 0 Å². The molecule has 3 rings (SSSR count). The maximum Gasteiger partial charge on any atom is 0.282 e. The quantitative estimate of drug-likeness (QED) is 0.516. The summed E-state index contributed by atoms with van der Waals surface area (Å²) in [6.45, 7) is 0. The summed E-state index contributed by atoms with van der Waals surface area (Å²) in [6, 6.07) is 4.49. The molecule has 0 atom stereocenters. The van der Waals surface area contributed by atoms with Gasteiger partial charge in [0.25, 0.3) is 5.69 Å². The predicted molar refractivity (Wildman–Crippen MR) is 65.5 cm³/mol. The lowest BCUT2D eigenvalue weighted by atomic mass is 10.1. The Bertz CT molecular complexity index is 846. The van der Waals surface area contributed by atoms with Crippen LogP contribution >= 0.6 is 0 Å². The van der Waals surface area contributed by atoms with Gasteiger partial charge in [-0.05, 0) is 6.07 Å². The van der Waals surface area contributed by atoms with E-state index < -0.39 is 4.92 Å². The third-order valence-electron chi connectivity index (χ3n) is 2.89. The Morgan fingerprint density at radius 3 is 2.89 bits per heavy atom. The van der Waals surface area contributed by atoms with Crippen LogP contribution in [0.5, 0.6) is 0 Å². The van der Waals surface area contributed by atoms with Gasteiger partial charge in [-0.1, -0.05) is 6.07 Å². The number of non-ortho nitro benzene ring substituents is 1. The fraction of sp³-hybridized carbons (Fsp3) is 0.0909. The van der Waals surface area contributed by atoms with Crippen molar-refractivity contribution in [3.63, 3.8) is 0 Å². The molecule has 0 spiro atoms. The highest BCUT2D eigenvalue weighted by Gasteiger charge is 2.18. The number of H-pyrrole nitrogens is 1. The molecule has 0 radical (unpaired) electrons. The van der Waals surface area contributed by atoms with E-state index in [2.05, 4.69) is 10.1 Å². The van der Waals surface area contributed by atoms with Crippen LogP contribution in [0.15, 0.2) is 29.2 Å². The number of aryl methyl sites for hydroxylation is 1. The van der Waals surface area contributed by atoms with E-state index in [4.69, 9.17) is 0 Å². The smallest absolute Gasteiger partial charge is 0.282 e. The van der Waals surface area contributed by atoms with Crippen molar-refractivity contribution >= 4 is 27.6 Å². The summed E-state index contributed by atoms with van der Waals surface area (Å²) in [6.07, 6.45) is 1.52. The van der Waals surface area contributed by atoms with Crippen LogP contribution in [0.3, 0.4) is 0 Å². The van der Waals surface area contributed by atoms with Crippen molar-refractivity contribution in [3.05, 3.63) is 44.7 Å². The van der Waals surface area contributed by atoms with Crippen LogP contribution in [-0.2, 0) is 7.05 Å². The fourth-order valence-corrected chi connectivity index (χ4v) is 2.10. The molecule has 7 nitrogen and oxygen atoms in total. The zero-order valence-corrected chi connectivity index (χ0v) is 9.38. The Morgan fingerprint density at radius 2 is 2.17 bits per heavy atom. The summed E-state index contributed by atoms with van der Waals surface area (Å²) in [5.41, 5.74) is 0.755. The molecule has 0 bridgehead atoms. The molecule has 18 heavy (non-hydrogen) atoms. The molecule has 3 aromatic rings. The van der Waals surface area contributed by atoms with Gasteiger partial charge in [-0.3, -0.25) is 19.6 Å². The molecule has 0 fully saturated rings. The molecule has 0 unspecified atom stereocenters. The summed E-state index contributed by atoms with van der Waals surface area (Å²) in [5.74, 6) is 0. The fourth-order valence-electron chi connectivity index (χ4n) is 2.10.